The Morgan fingerprint density at radius 2 is 1.88 bits per heavy atom. The van der Waals surface area contributed by atoms with Crippen LogP contribution < -0.4 is 14.8 Å². The number of hydrogen-bond acceptors (Lipinski definition) is 6. The Morgan fingerprint density at radius 1 is 1.18 bits per heavy atom. The van der Waals surface area contributed by atoms with Crippen molar-refractivity contribution in [3.8, 4) is 11.5 Å². The molecule has 0 fully saturated rings. The number of ether oxygens (including phenoxy) is 2. The number of rotatable bonds is 12. The Balaban J connectivity index is 2.25. The average molecular weight is 472 g/mol. The lowest BCUT2D eigenvalue weighted by Gasteiger charge is -2.31. The van der Waals surface area contributed by atoms with Crippen LogP contribution in [0.4, 0.5) is 5.69 Å². The first-order valence-electron chi connectivity index (χ1n) is 11.2. The van der Waals surface area contributed by atoms with Crippen molar-refractivity contribution in [1.29, 1.82) is 0 Å². The Labute approximate surface area is 200 Å². The number of carbonyl (C=O) groups is 2. The molecule has 0 aliphatic carbocycles. The maximum absolute atomic E-state index is 13.3. The van der Waals surface area contributed by atoms with Crippen LogP contribution in [-0.4, -0.2) is 47.9 Å². The van der Waals surface area contributed by atoms with Crippen molar-refractivity contribution in [3.05, 3.63) is 63.7 Å². The fraction of sp³-hybridized carbons (Fsp3) is 0.440. The first-order chi connectivity index (χ1) is 16.2. The number of nitrogens with zero attached hydrogens (tertiary/aromatic N) is 2. The number of nitro groups is 1. The molecule has 184 valence electrons. The maximum Gasteiger partial charge on any atom is 0.311 e. The molecule has 2 aromatic carbocycles. The maximum atomic E-state index is 13.3. The average Bonchev–Trinajstić information content (AvgIpc) is 2.81. The van der Waals surface area contributed by atoms with Gasteiger partial charge in [0.25, 0.3) is 5.91 Å². The van der Waals surface area contributed by atoms with E-state index in [1.807, 2.05) is 52.0 Å². The number of nitro benzene ring substituents is 1. The summed E-state index contributed by atoms with van der Waals surface area (Å²) in [5.74, 6) is -0.0140. The molecule has 0 aliphatic rings. The molecule has 2 rings (SSSR count). The zero-order chi connectivity index (χ0) is 25.3. The second-order valence-electron chi connectivity index (χ2n) is 8.39. The predicted octanol–water partition coefficient (Wildman–Crippen LogP) is 3.87. The van der Waals surface area contributed by atoms with Crippen LogP contribution in [0.25, 0.3) is 0 Å². The zero-order valence-corrected chi connectivity index (χ0v) is 20.4. The predicted molar refractivity (Wildman–Crippen MR) is 129 cm³/mol. The Kier molecular flexibility index (Phi) is 9.85. The van der Waals surface area contributed by atoms with Crippen LogP contribution >= 0.6 is 0 Å². The summed E-state index contributed by atoms with van der Waals surface area (Å²) in [4.78, 5) is 38.3. The van der Waals surface area contributed by atoms with E-state index in [9.17, 15) is 19.7 Å². The summed E-state index contributed by atoms with van der Waals surface area (Å²) in [7, 11) is 1.32. The van der Waals surface area contributed by atoms with Crippen molar-refractivity contribution in [2.75, 3.05) is 20.3 Å². The van der Waals surface area contributed by atoms with Crippen molar-refractivity contribution >= 4 is 17.5 Å². The molecular formula is C25H33N3O6. The van der Waals surface area contributed by atoms with Gasteiger partial charge in [0.05, 0.1) is 12.0 Å². The summed E-state index contributed by atoms with van der Waals surface area (Å²) in [5.41, 5.74) is 1.75. The van der Waals surface area contributed by atoms with Crippen molar-refractivity contribution in [2.24, 2.45) is 5.92 Å². The van der Waals surface area contributed by atoms with Crippen LogP contribution in [0.3, 0.4) is 0 Å². The molecule has 0 saturated heterocycles. The molecule has 0 bridgehead atoms. The molecule has 1 atom stereocenters. The summed E-state index contributed by atoms with van der Waals surface area (Å²) >= 11 is 0. The Bertz CT molecular complexity index is 1010. The Morgan fingerprint density at radius 3 is 2.47 bits per heavy atom. The van der Waals surface area contributed by atoms with Crippen LogP contribution in [0.5, 0.6) is 11.5 Å². The number of carbonyl (C=O) groups excluding carboxylic acids is 2. The summed E-state index contributed by atoms with van der Waals surface area (Å²) in [6.45, 7) is 8.26. The third-order valence-corrected chi connectivity index (χ3v) is 5.38. The lowest BCUT2D eigenvalue weighted by atomic mass is 10.1. The quantitative estimate of drug-likeness (QED) is 0.372. The second-order valence-corrected chi connectivity index (χ2v) is 8.39. The van der Waals surface area contributed by atoms with Gasteiger partial charge in [-0.05, 0) is 36.5 Å². The van der Waals surface area contributed by atoms with Gasteiger partial charge in [0.15, 0.2) is 6.61 Å². The number of amides is 2. The molecule has 34 heavy (non-hydrogen) atoms. The molecule has 9 nitrogen and oxygen atoms in total. The number of hydrogen-bond donors (Lipinski definition) is 1. The smallest absolute Gasteiger partial charge is 0.311 e. The summed E-state index contributed by atoms with van der Waals surface area (Å²) < 4.78 is 10.7. The minimum absolute atomic E-state index is 0.0335. The van der Waals surface area contributed by atoms with Gasteiger partial charge in [0.2, 0.25) is 11.7 Å². The molecule has 0 saturated carbocycles. The highest BCUT2D eigenvalue weighted by Crippen LogP contribution is 2.30. The fourth-order valence-corrected chi connectivity index (χ4v) is 3.44. The lowest BCUT2D eigenvalue weighted by Crippen LogP contribution is -2.50. The monoisotopic (exact) mass is 471 g/mol. The van der Waals surface area contributed by atoms with Crippen molar-refractivity contribution in [3.63, 3.8) is 0 Å². The number of aryl methyl sites for hydroxylation is 1. The highest BCUT2D eigenvalue weighted by molar-refractivity contribution is 5.88. The largest absolute Gasteiger partial charge is 0.490 e. The molecular weight excluding hydrogens is 438 g/mol. The van der Waals surface area contributed by atoms with Crippen LogP contribution in [0.1, 0.15) is 38.3 Å². The van der Waals surface area contributed by atoms with Gasteiger partial charge in [-0.15, -0.1) is 0 Å². The van der Waals surface area contributed by atoms with Gasteiger partial charge in [-0.1, -0.05) is 45.0 Å². The standard InChI is InChI=1S/C25H33N3O6/c1-6-21(25(30)26-14-17(2)3)27(15-19-10-8-7-9-18(19)4)24(29)16-34-20-11-12-22(28(31)32)23(13-20)33-5/h7-13,17,21H,6,14-16H2,1-5H3,(H,26,30). The summed E-state index contributed by atoms with van der Waals surface area (Å²) in [6.07, 6.45) is 0.437. The molecule has 0 heterocycles. The van der Waals surface area contributed by atoms with Crippen LogP contribution in [0, 0.1) is 23.0 Å². The van der Waals surface area contributed by atoms with E-state index >= 15 is 0 Å². The third kappa shape index (κ3) is 7.19. The first-order valence-corrected chi connectivity index (χ1v) is 11.2. The molecule has 9 heteroatoms. The molecule has 0 spiro atoms. The lowest BCUT2D eigenvalue weighted by molar-refractivity contribution is -0.385. The topological polar surface area (TPSA) is 111 Å². The fourth-order valence-electron chi connectivity index (χ4n) is 3.44. The van der Waals surface area contributed by atoms with Gasteiger partial charge in [-0.2, -0.15) is 0 Å². The van der Waals surface area contributed by atoms with E-state index in [1.165, 1.54) is 30.2 Å². The molecule has 0 aromatic heterocycles. The van der Waals surface area contributed by atoms with Gasteiger partial charge in [-0.25, -0.2) is 0 Å². The number of nitrogens with one attached hydrogen (secondary N) is 1. The van der Waals surface area contributed by atoms with Gasteiger partial charge in [0, 0.05) is 25.2 Å². The van der Waals surface area contributed by atoms with Crippen molar-refractivity contribution < 1.29 is 24.0 Å². The van der Waals surface area contributed by atoms with Gasteiger partial charge in [-0.3, -0.25) is 19.7 Å². The summed E-state index contributed by atoms with van der Waals surface area (Å²) in [5, 5.41) is 14.0. The second kappa shape index (κ2) is 12.6. The number of benzene rings is 2. The van der Waals surface area contributed by atoms with E-state index in [4.69, 9.17) is 9.47 Å². The van der Waals surface area contributed by atoms with Gasteiger partial charge in [0.1, 0.15) is 11.8 Å². The van der Waals surface area contributed by atoms with Gasteiger partial charge < -0.3 is 19.7 Å². The van der Waals surface area contributed by atoms with Crippen LogP contribution in [0.2, 0.25) is 0 Å². The third-order valence-electron chi connectivity index (χ3n) is 5.38. The molecule has 1 unspecified atom stereocenters. The van der Waals surface area contributed by atoms with E-state index in [0.717, 1.165) is 11.1 Å². The van der Waals surface area contributed by atoms with Crippen molar-refractivity contribution in [2.45, 2.75) is 46.7 Å². The molecule has 0 radical (unpaired) electrons. The van der Waals surface area contributed by atoms with E-state index in [-0.39, 0.29) is 48.1 Å². The minimum atomic E-state index is -0.666. The molecule has 2 aromatic rings. The minimum Gasteiger partial charge on any atom is -0.490 e. The SMILES string of the molecule is CCC(C(=O)NCC(C)C)N(Cc1ccccc1C)C(=O)COc1ccc([N+](=O)[O-])c(OC)c1. The van der Waals surface area contributed by atoms with E-state index in [1.54, 1.807) is 0 Å². The van der Waals surface area contributed by atoms with E-state index in [0.29, 0.717) is 13.0 Å². The highest BCUT2D eigenvalue weighted by atomic mass is 16.6. The van der Waals surface area contributed by atoms with E-state index < -0.39 is 11.0 Å². The summed E-state index contributed by atoms with van der Waals surface area (Å²) in [6, 6.07) is 11.1. The normalized spacial score (nSPS) is 11.6. The van der Waals surface area contributed by atoms with Gasteiger partial charge >= 0.3 is 5.69 Å². The first kappa shape index (κ1) is 26.6. The Hall–Kier alpha value is -3.62. The molecule has 2 amide bonds. The van der Waals surface area contributed by atoms with Crippen LogP contribution in [-0.2, 0) is 16.1 Å². The van der Waals surface area contributed by atoms with Crippen LogP contribution in [0.15, 0.2) is 42.5 Å². The zero-order valence-electron chi connectivity index (χ0n) is 20.4. The molecule has 1 N–H and O–H groups in total. The number of methoxy groups -OCH3 is 1. The highest BCUT2D eigenvalue weighted by Gasteiger charge is 2.29. The molecule has 0 aliphatic heterocycles. The van der Waals surface area contributed by atoms with Crippen molar-refractivity contribution in [1.82, 2.24) is 10.2 Å². The van der Waals surface area contributed by atoms with E-state index in [2.05, 4.69) is 5.32 Å².